The molecule has 0 saturated heterocycles. The number of carbonyl (C=O) groups excluding carboxylic acids is 1. The Kier molecular flexibility index (Phi) is 9.12. The lowest BCUT2D eigenvalue weighted by Crippen LogP contribution is -2.35. The number of hydrogen-bond acceptors (Lipinski definition) is 3. The summed E-state index contributed by atoms with van der Waals surface area (Å²) in [6, 6.07) is 0. The molecule has 1 atom stereocenters. The van der Waals surface area contributed by atoms with Crippen LogP contribution in [0.3, 0.4) is 0 Å². The lowest BCUT2D eigenvalue weighted by molar-refractivity contribution is -0.140. The van der Waals surface area contributed by atoms with E-state index in [2.05, 4.69) is 0 Å². The summed E-state index contributed by atoms with van der Waals surface area (Å²) >= 11 is 1.05. The van der Waals surface area contributed by atoms with Gasteiger partial charge in [-0.25, -0.2) is 22.0 Å². The number of alkyl halides is 5. The predicted octanol–water partition coefficient (Wildman–Crippen LogP) is 3.69. The van der Waals surface area contributed by atoms with Crippen molar-refractivity contribution in [1.82, 2.24) is 0 Å². The number of rotatable bonds is 10. The van der Waals surface area contributed by atoms with Crippen molar-refractivity contribution in [3.63, 3.8) is 0 Å². The summed E-state index contributed by atoms with van der Waals surface area (Å²) in [4.78, 5) is 11.0. The summed E-state index contributed by atoms with van der Waals surface area (Å²) < 4.78 is 66.6. The van der Waals surface area contributed by atoms with Gasteiger partial charge in [-0.2, -0.15) is 11.8 Å². The van der Waals surface area contributed by atoms with E-state index in [1.165, 1.54) is 0 Å². The van der Waals surface area contributed by atoms with E-state index in [9.17, 15) is 26.7 Å². The third-order valence-electron chi connectivity index (χ3n) is 2.11. The molecule has 0 aromatic rings. The highest BCUT2D eigenvalue weighted by atomic mass is 32.2. The highest BCUT2D eigenvalue weighted by molar-refractivity contribution is 7.99. The maximum absolute atomic E-state index is 12.9. The fourth-order valence-electron chi connectivity index (χ4n) is 1.15. The topological polar surface area (TPSA) is 26.3 Å². The van der Waals surface area contributed by atoms with Crippen molar-refractivity contribution >= 4 is 17.7 Å². The van der Waals surface area contributed by atoms with Crippen LogP contribution in [0.25, 0.3) is 0 Å². The first-order chi connectivity index (χ1) is 8.81. The van der Waals surface area contributed by atoms with Gasteiger partial charge in [0, 0.05) is 6.42 Å². The Hall–Kier alpha value is -0.530. The van der Waals surface area contributed by atoms with Crippen molar-refractivity contribution in [1.29, 1.82) is 0 Å². The Bertz CT molecular complexity index is 263. The highest BCUT2D eigenvalue weighted by Gasteiger charge is 2.45. The van der Waals surface area contributed by atoms with Gasteiger partial charge < -0.3 is 4.74 Å². The number of ether oxygens (including phenoxy) is 1. The van der Waals surface area contributed by atoms with Crippen LogP contribution in [0, 0.1) is 0 Å². The van der Waals surface area contributed by atoms with Crippen LogP contribution in [0.1, 0.15) is 26.2 Å². The molecule has 0 spiro atoms. The minimum atomic E-state index is -4.03. The van der Waals surface area contributed by atoms with Crippen LogP contribution in [-0.2, 0) is 9.53 Å². The molecule has 0 rings (SSSR count). The van der Waals surface area contributed by atoms with Crippen molar-refractivity contribution < 1.29 is 31.5 Å². The van der Waals surface area contributed by atoms with Gasteiger partial charge in [0.1, 0.15) is 0 Å². The third-order valence-corrected chi connectivity index (χ3v) is 3.13. The maximum Gasteiger partial charge on any atom is 0.315 e. The Morgan fingerprint density at radius 1 is 1.32 bits per heavy atom. The fraction of sp³-hybridized carbons (Fsp3) is 0.909. The zero-order chi connectivity index (χ0) is 14.9. The lowest BCUT2D eigenvalue weighted by Gasteiger charge is -2.19. The van der Waals surface area contributed by atoms with Crippen LogP contribution in [0.2, 0.25) is 0 Å². The first-order valence-electron chi connectivity index (χ1n) is 5.84. The van der Waals surface area contributed by atoms with Gasteiger partial charge in [0.05, 0.1) is 12.4 Å². The van der Waals surface area contributed by atoms with Crippen LogP contribution in [0.15, 0.2) is 0 Å². The molecular formula is C11H17F5O2S. The van der Waals surface area contributed by atoms with Gasteiger partial charge in [-0.15, -0.1) is 0 Å². The van der Waals surface area contributed by atoms with E-state index in [-0.39, 0.29) is 17.9 Å². The Morgan fingerprint density at radius 2 is 1.95 bits per heavy atom. The van der Waals surface area contributed by atoms with Crippen molar-refractivity contribution in [2.45, 2.75) is 44.7 Å². The highest BCUT2D eigenvalue weighted by Crippen LogP contribution is 2.31. The molecule has 0 aromatic heterocycles. The van der Waals surface area contributed by atoms with E-state index >= 15 is 0 Å². The Morgan fingerprint density at radius 3 is 2.47 bits per heavy atom. The van der Waals surface area contributed by atoms with Crippen LogP contribution >= 0.6 is 11.8 Å². The van der Waals surface area contributed by atoms with Crippen molar-refractivity contribution in [3.8, 4) is 0 Å². The molecule has 0 aromatic carbocycles. The van der Waals surface area contributed by atoms with Gasteiger partial charge in [-0.1, -0.05) is 6.92 Å². The molecule has 0 saturated carbocycles. The SMILES string of the molecule is CCCOC(=O)CSCCCC(F)(F)C(F)C(F)F. The summed E-state index contributed by atoms with van der Waals surface area (Å²) in [6.07, 6.45) is -7.55. The van der Waals surface area contributed by atoms with Crippen molar-refractivity contribution in [2.75, 3.05) is 18.1 Å². The molecule has 2 nitrogen and oxygen atoms in total. The Labute approximate surface area is 113 Å². The third kappa shape index (κ3) is 8.28. The van der Waals surface area contributed by atoms with Crippen LogP contribution in [0.5, 0.6) is 0 Å². The van der Waals surface area contributed by atoms with Crippen LogP contribution in [-0.4, -0.2) is 42.6 Å². The van der Waals surface area contributed by atoms with Crippen LogP contribution in [0.4, 0.5) is 22.0 Å². The van der Waals surface area contributed by atoms with Gasteiger partial charge in [0.15, 0.2) is 0 Å². The maximum atomic E-state index is 12.9. The average molecular weight is 308 g/mol. The molecule has 0 radical (unpaired) electrons. The lowest BCUT2D eigenvalue weighted by atomic mass is 10.1. The van der Waals surface area contributed by atoms with E-state index in [0.717, 1.165) is 11.8 Å². The summed E-state index contributed by atoms with van der Waals surface area (Å²) in [5, 5.41) is 0. The van der Waals surface area contributed by atoms with Gasteiger partial charge in [0.25, 0.3) is 12.3 Å². The van der Waals surface area contributed by atoms with Gasteiger partial charge in [-0.05, 0) is 18.6 Å². The monoisotopic (exact) mass is 308 g/mol. The summed E-state index contributed by atoms with van der Waals surface area (Å²) in [5.41, 5.74) is 0. The molecule has 114 valence electrons. The van der Waals surface area contributed by atoms with E-state index < -0.39 is 30.9 Å². The minimum absolute atomic E-state index is 0.0134. The van der Waals surface area contributed by atoms with E-state index in [4.69, 9.17) is 4.74 Å². The Balaban J connectivity index is 3.71. The molecule has 19 heavy (non-hydrogen) atoms. The average Bonchev–Trinajstić information content (AvgIpc) is 2.34. The molecule has 0 aliphatic carbocycles. The first kappa shape index (κ1) is 18.5. The molecule has 1 unspecified atom stereocenters. The molecule has 8 heteroatoms. The zero-order valence-corrected chi connectivity index (χ0v) is 11.3. The summed E-state index contributed by atoms with van der Waals surface area (Å²) in [5.74, 6) is -4.31. The predicted molar refractivity (Wildman–Crippen MR) is 63.7 cm³/mol. The number of thioether (sulfide) groups is 1. The molecular weight excluding hydrogens is 291 g/mol. The van der Waals surface area contributed by atoms with E-state index in [1.54, 1.807) is 0 Å². The smallest absolute Gasteiger partial charge is 0.315 e. The fourth-order valence-corrected chi connectivity index (χ4v) is 1.89. The van der Waals surface area contributed by atoms with Crippen LogP contribution < -0.4 is 0 Å². The largest absolute Gasteiger partial charge is 0.465 e. The second kappa shape index (κ2) is 9.39. The zero-order valence-electron chi connectivity index (χ0n) is 10.5. The molecule has 0 aliphatic heterocycles. The second-order valence-corrected chi connectivity index (χ2v) is 4.98. The van der Waals surface area contributed by atoms with E-state index in [1.807, 2.05) is 6.92 Å². The standard InChI is InChI=1S/C11H17F5O2S/c1-2-5-18-8(17)7-19-6-3-4-11(15,16)9(12)10(13)14/h9-10H,2-7H2,1H3. The van der Waals surface area contributed by atoms with Crippen molar-refractivity contribution in [3.05, 3.63) is 0 Å². The molecule has 0 aliphatic rings. The van der Waals surface area contributed by atoms with Gasteiger partial charge >= 0.3 is 5.97 Å². The van der Waals surface area contributed by atoms with Crippen molar-refractivity contribution in [2.24, 2.45) is 0 Å². The first-order valence-corrected chi connectivity index (χ1v) is 7.00. The quantitative estimate of drug-likeness (QED) is 0.350. The number of esters is 1. The molecule has 0 fully saturated rings. The number of hydrogen-bond donors (Lipinski definition) is 0. The molecule has 0 amide bonds. The molecule has 0 bridgehead atoms. The number of halogens is 5. The van der Waals surface area contributed by atoms with Gasteiger partial charge in [-0.3, -0.25) is 4.79 Å². The minimum Gasteiger partial charge on any atom is -0.465 e. The number of carbonyl (C=O) groups is 1. The van der Waals surface area contributed by atoms with Gasteiger partial charge in [0.2, 0.25) is 6.17 Å². The van der Waals surface area contributed by atoms with E-state index in [0.29, 0.717) is 13.0 Å². The normalized spacial score (nSPS) is 13.6. The summed E-state index contributed by atoms with van der Waals surface area (Å²) in [7, 11) is 0. The molecule has 0 heterocycles. The molecule has 0 N–H and O–H groups in total. The summed E-state index contributed by atoms with van der Waals surface area (Å²) in [6.45, 7) is 2.13. The second-order valence-electron chi connectivity index (χ2n) is 3.87.